The Balaban J connectivity index is 0.00000107. The number of carbonyl (C=O) groups is 2. The van der Waals surface area contributed by atoms with Gasteiger partial charge in [-0.15, -0.1) is 0 Å². The number of pyridine rings is 1. The summed E-state index contributed by atoms with van der Waals surface area (Å²) in [5.41, 5.74) is 10.1. The fourth-order valence-corrected chi connectivity index (χ4v) is 4.29. The van der Waals surface area contributed by atoms with Gasteiger partial charge in [0.2, 0.25) is 0 Å². The lowest BCUT2D eigenvalue weighted by atomic mass is 10.1. The van der Waals surface area contributed by atoms with Crippen molar-refractivity contribution in [1.82, 2.24) is 29.4 Å². The molecular formula is C25H28FN9O3. The number of nitrogens with one attached hydrogen (secondary N) is 2. The zero-order chi connectivity index (χ0) is 27.2. The third kappa shape index (κ3) is 5.67. The van der Waals surface area contributed by atoms with E-state index in [-0.39, 0.29) is 18.0 Å². The van der Waals surface area contributed by atoms with E-state index < -0.39 is 12.1 Å². The van der Waals surface area contributed by atoms with Gasteiger partial charge in [0.05, 0.1) is 23.6 Å². The normalized spacial score (nSPS) is 15.1. The highest BCUT2D eigenvalue weighted by atomic mass is 19.1. The number of fused-ring (bicyclic) bond motifs is 1. The van der Waals surface area contributed by atoms with Crippen LogP contribution < -0.4 is 16.4 Å². The number of nitrogens with zero attached hydrogens (tertiary/aromatic N) is 6. The van der Waals surface area contributed by atoms with Gasteiger partial charge < -0.3 is 26.0 Å². The van der Waals surface area contributed by atoms with Crippen LogP contribution in [0.5, 0.6) is 0 Å². The van der Waals surface area contributed by atoms with Gasteiger partial charge in [0.15, 0.2) is 17.3 Å². The lowest BCUT2D eigenvalue weighted by molar-refractivity contribution is -0.122. The number of carbonyl (C=O) groups excluding carboxylic acids is 1. The molecule has 1 aliphatic rings. The van der Waals surface area contributed by atoms with Gasteiger partial charge in [-0.05, 0) is 24.1 Å². The van der Waals surface area contributed by atoms with E-state index in [0.29, 0.717) is 42.1 Å². The van der Waals surface area contributed by atoms with Gasteiger partial charge in [-0.25, -0.2) is 19.3 Å². The molecule has 13 heteroatoms. The van der Waals surface area contributed by atoms with E-state index in [1.54, 1.807) is 25.8 Å². The summed E-state index contributed by atoms with van der Waals surface area (Å²) in [5, 5.41) is 13.1. The number of imidazole rings is 1. The summed E-state index contributed by atoms with van der Waals surface area (Å²) < 4.78 is 15.3. The van der Waals surface area contributed by atoms with Gasteiger partial charge in [0, 0.05) is 45.6 Å². The molecule has 38 heavy (non-hydrogen) atoms. The van der Waals surface area contributed by atoms with E-state index in [2.05, 4.69) is 35.5 Å². The second-order valence-electron chi connectivity index (χ2n) is 8.69. The number of rotatable bonds is 7. The monoisotopic (exact) mass is 521 g/mol. The third-order valence-corrected chi connectivity index (χ3v) is 6.10. The van der Waals surface area contributed by atoms with Crippen molar-refractivity contribution in [2.75, 3.05) is 30.8 Å². The molecule has 12 nitrogen and oxygen atoms in total. The topological polar surface area (TPSA) is 164 Å². The minimum Gasteiger partial charge on any atom is -0.483 e. The molecule has 0 spiro atoms. The molecule has 0 bridgehead atoms. The fourth-order valence-electron chi connectivity index (χ4n) is 4.29. The van der Waals surface area contributed by atoms with Crippen LogP contribution in [-0.2, 0) is 18.4 Å². The van der Waals surface area contributed by atoms with E-state index in [1.165, 1.54) is 0 Å². The summed E-state index contributed by atoms with van der Waals surface area (Å²) in [4.78, 5) is 40.7. The number of likely N-dealkylation sites (tertiary alicyclic amines) is 1. The van der Waals surface area contributed by atoms with Crippen LogP contribution in [0.4, 0.5) is 21.7 Å². The molecule has 3 aromatic heterocycles. The summed E-state index contributed by atoms with van der Waals surface area (Å²) in [6.07, 6.45) is 4.89. The van der Waals surface area contributed by atoms with Gasteiger partial charge >= 0.3 is 0 Å². The van der Waals surface area contributed by atoms with Crippen LogP contribution in [0, 0.1) is 0 Å². The van der Waals surface area contributed by atoms with Crippen molar-refractivity contribution in [1.29, 1.82) is 0 Å². The van der Waals surface area contributed by atoms with Gasteiger partial charge in [-0.1, -0.05) is 12.1 Å². The Kier molecular flexibility index (Phi) is 8.06. The number of carboxylic acid groups (broad SMARTS) is 1. The largest absolute Gasteiger partial charge is 0.483 e. The Hall–Kier alpha value is -4.65. The fraction of sp³-hybridized carbons (Fsp3) is 0.280. The Bertz CT molecular complexity index is 1440. The number of aryl methyl sites for hydroxylation is 1. The predicted octanol–water partition coefficient (Wildman–Crippen LogP) is 2.55. The van der Waals surface area contributed by atoms with Crippen molar-refractivity contribution < 1.29 is 19.1 Å². The number of amides is 1. The number of benzene rings is 1. The molecule has 1 saturated heterocycles. The first-order valence-corrected chi connectivity index (χ1v) is 11.8. The zero-order valence-electron chi connectivity index (χ0n) is 20.9. The van der Waals surface area contributed by atoms with Crippen LogP contribution in [0.2, 0.25) is 0 Å². The minimum atomic E-state index is -0.744. The molecule has 198 valence electrons. The lowest BCUT2D eigenvalue weighted by Crippen LogP contribution is -2.20. The number of alkyl halides is 1. The van der Waals surface area contributed by atoms with Crippen LogP contribution >= 0.6 is 0 Å². The smallest absolute Gasteiger partial charge is 0.290 e. The van der Waals surface area contributed by atoms with E-state index >= 15 is 0 Å². The van der Waals surface area contributed by atoms with Crippen LogP contribution in [0.25, 0.3) is 22.3 Å². The highest BCUT2D eigenvalue weighted by Gasteiger charge is 2.22. The zero-order valence-corrected chi connectivity index (χ0v) is 20.9. The van der Waals surface area contributed by atoms with E-state index in [1.807, 2.05) is 35.9 Å². The van der Waals surface area contributed by atoms with Crippen LogP contribution in [0.3, 0.4) is 0 Å². The molecule has 1 aliphatic heterocycles. The quantitative estimate of drug-likeness (QED) is 0.266. The Morgan fingerprint density at radius 3 is 2.61 bits per heavy atom. The highest BCUT2D eigenvalue weighted by Crippen LogP contribution is 2.32. The van der Waals surface area contributed by atoms with Crippen LogP contribution in [-0.4, -0.2) is 73.2 Å². The molecule has 1 atom stereocenters. The van der Waals surface area contributed by atoms with Gasteiger partial charge in [0.25, 0.3) is 12.4 Å². The molecule has 5 N–H and O–H groups in total. The summed E-state index contributed by atoms with van der Waals surface area (Å²) in [6.45, 7) is 1.68. The number of hydrogen-bond donors (Lipinski definition) is 4. The van der Waals surface area contributed by atoms with E-state index in [4.69, 9.17) is 15.6 Å². The molecule has 0 radical (unpaired) electrons. The summed E-state index contributed by atoms with van der Waals surface area (Å²) >= 11 is 0. The van der Waals surface area contributed by atoms with Crippen molar-refractivity contribution in [3.63, 3.8) is 0 Å². The number of primary amides is 1. The molecule has 1 amide bonds. The van der Waals surface area contributed by atoms with Crippen LogP contribution in [0.15, 0.2) is 43.0 Å². The second-order valence-corrected chi connectivity index (χ2v) is 8.69. The Morgan fingerprint density at radius 2 is 1.97 bits per heavy atom. The SMILES string of the molecule is CNc1nc(Nc2ccc(CN3CC[C@@H](F)C3)cc2)c(C(N)=O)nc1-c1cncc2c1ncn2C.O=CO. The number of hydrogen-bond acceptors (Lipinski definition) is 9. The van der Waals surface area contributed by atoms with Gasteiger partial charge in [-0.3, -0.25) is 19.5 Å². The summed E-state index contributed by atoms with van der Waals surface area (Å²) in [7, 11) is 3.60. The maximum absolute atomic E-state index is 13.4. The maximum Gasteiger partial charge on any atom is 0.290 e. The van der Waals surface area contributed by atoms with Crippen molar-refractivity contribution in [2.24, 2.45) is 12.8 Å². The molecule has 0 saturated carbocycles. The average Bonchev–Trinajstić information content (AvgIpc) is 3.50. The number of aromatic nitrogens is 5. The van der Waals surface area contributed by atoms with Crippen molar-refractivity contribution >= 4 is 40.7 Å². The molecular weight excluding hydrogens is 493 g/mol. The highest BCUT2D eigenvalue weighted by molar-refractivity contribution is 5.99. The number of anilines is 3. The third-order valence-electron chi connectivity index (χ3n) is 6.10. The number of halogens is 1. The molecule has 4 heterocycles. The van der Waals surface area contributed by atoms with Gasteiger partial charge in [-0.2, -0.15) is 0 Å². The molecule has 5 rings (SSSR count). The van der Waals surface area contributed by atoms with Gasteiger partial charge in [0.1, 0.15) is 17.4 Å². The second kappa shape index (κ2) is 11.6. The molecule has 0 unspecified atom stereocenters. The molecule has 1 fully saturated rings. The van der Waals surface area contributed by atoms with Crippen molar-refractivity contribution in [3.8, 4) is 11.3 Å². The minimum absolute atomic E-state index is 0.00191. The molecule has 1 aromatic carbocycles. The van der Waals surface area contributed by atoms with Crippen LogP contribution in [0.1, 0.15) is 22.5 Å². The lowest BCUT2D eigenvalue weighted by Gasteiger charge is -2.16. The average molecular weight is 522 g/mol. The van der Waals surface area contributed by atoms with E-state index in [0.717, 1.165) is 23.3 Å². The van der Waals surface area contributed by atoms with E-state index in [9.17, 15) is 9.18 Å². The Morgan fingerprint density at radius 1 is 1.24 bits per heavy atom. The van der Waals surface area contributed by atoms with Crippen molar-refractivity contribution in [3.05, 3.63) is 54.2 Å². The standard InChI is InChI=1S/C24H26FN9O.CH2O2/c1-27-23-20(17-9-28-10-18-19(17)29-13-33(18)2)31-21(22(26)35)24(32-23)30-16-5-3-14(4-6-16)11-34-8-7-15(25)12-34;2-1-3/h3-6,9-10,13,15H,7-8,11-12H2,1-2H3,(H2,26,35)(H2,27,30,32);1H,(H,2,3)/t15-;/m1./s1. The molecule has 4 aromatic rings. The first-order chi connectivity index (χ1) is 18.3. The number of nitrogens with two attached hydrogens (primary N) is 1. The summed E-state index contributed by atoms with van der Waals surface area (Å²) in [5.74, 6) is -0.0281. The molecule has 0 aliphatic carbocycles. The first-order valence-electron chi connectivity index (χ1n) is 11.8. The maximum atomic E-state index is 13.4. The first kappa shape index (κ1) is 26.4. The summed E-state index contributed by atoms with van der Waals surface area (Å²) in [6, 6.07) is 7.70. The predicted molar refractivity (Wildman–Crippen MR) is 141 cm³/mol. The van der Waals surface area contributed by atoms with Crippen molar-refractivity contribution in [2.45, 2.75) is 19.1 Å². The Labute approximate surface area is 217 Å².